The van der Waals surface area contributed by atoms with E-state index in [1.807, 2.05) is 30.3 Å². The second-order valence-electron chi connectivity index (χ2n) is 8.18. The van der Waals surface area contributed by atoms with E-state index >= 15 is 0 Å². The highest BCUT2D eigenvalue weighted by Crippen LogP contribution is 2.35. The van der Waals surface area contributed by atoms with Crippen molar-refractivity contribution in [2.75, 3.05) is 26.1 Å². The number of carbonyl (C=O) groups is 2. The van der Waals surface area contributed by atoms with Gasteiger partial charge in [0.1, 0.15) is 29.2 Å². The number of benzene rings is 2. The zero-order chi connectivity index (χ0) is 24.6. The van der Waals surface area contributed by atoms with E-state index in [4.69, 9.17) is 14.2 Å². The molecule has 0 spiro atoms. The molecule has 33 heavy (non-hydrogen) atoms. The van der Waals surface area contributed by atoms with E-state index < -0.39 is 28.6 Å². The molecule has 0 saturated carbocycles. The molecule has 2 aromatic carbocycles. The Kier molecular flexibility index (Phi) is 8.61. The van der Waals surface area contributed by atoms with Gasteiger partial charge in [-0.2, -0.15) is 0 Å². The van der Waals surface area contributed by atoms with Gasteiger partial charge in [0, 0.05) is 13.1 Å². The van der Waals surface area contributed by atoms with Crippen molar-refractivity contribution >= 4 is 23.4 Å². The van der Waals surface area contributed by atoms with Crippen LogP contribution < -0.4 is 15.4 Å². The second-order valence-corrected chi connectivity index (χ2v) is 8.18. The fourth-order valence-electron chi connectivity index (χ4n) is 3.12. The number of amides is 1. The van der Waals surface area contributed by atoms with Gasteiger partial charge in [0.05, 0.1) is 18.1 Å². The standard InChI is InChI=1S/C23H29N3O7/c1-23(2,3)33-22(28)25-16(13-15-9-7-6-8-10-15)14-32-18-12-11-17(26(29)30)20(24-4)19(18)21(27)31-5/h6-12,16,24H,13-14H2,1-5H3,(H,25,28)/t16-/m1/s1. The molecule has 0 fully saturated rings. The molecule has 0 aromatic heterocycles. The van der Waals surface area contributed by atoms with Gasteiger partial charge in [-0.25, -0.2) is 9.59 Å². The van der Waals surface area contributed by atoms with Crippen molar-refractivity contribution in [1.29, 1.82) is 0 Å². The minimum atomic E-state index is -0.794. The summed E-state index contributed by atoms with van der Waals surface area (Å²) in [6.07, 6.45) is -0.181. The first-order valence-corrected chi connectivity index (χ1v) is 10.3. The maximum absolute atomic E-state index is 12.4. The van der Waals surface area contributed by atoms with Crippen LogP contribution in [0.1, 0.15) is 36.7 Å². The van der Waals surface area contributed by atoms with E-state index in [2.05, 4.69) is 10.6 Å². The molecule has 0 aliphatic heterocycles. The fourth-order valence-corrected chi connectivity index (χ4v) is 3.12. The van der Waals surface area contributed by atoms with Crippen LogP contribution in [0.5, 0.6) is 5.75 Å². The minimum absolute atomic E-state index is 0.0240. The lowest BCUT2D eigenvalue weighted by Gasteiger charge is -2.24. The Labute approximate surface area is 192 Å². The van der Waals surface area contributed by atoms with E-state index in [1.54, 1.807) is 20.8 Å². The van der Waals surface area contributed by atoms with E-state index in [9.17, 15) is 19.7 Å². The molecule has 10 heteroatoms. The molecule has 0 radical (unpaired) electrons. The highest BCUT2D eigenvalue weighted by molar-refractivity contribution is 6.01. The predicted molar refractivity (Wildman–Crippen MR) is 123 cm³/mol. The van der Waals surface area contributed by atoms with Crippen LogP contribution in [0.4, 0.5) is 16.2 Å². The Morgan fingerprint density at radius 2 is 1.79 bits per heavy atom. The number of rotatable bonds is 9. The average molecular weight is 459 g/mol. The Hall–Kier alpha value is -3.82. The SMILES string of the molecule is CNc1c([N+](=O)[O-])ccc(OC[C@@H](Cc2ccccc2)NC(=O)OC(C)(C)C)c1C(=O)OC. The summed E-state index contributed by atoms with van der Waals surface area (Å²) in [5.41, 5.74) is -0.151. The molecule has 1 atom stereocenters. The van der Waals surface area contributed by atoms with Gasteiger partial charge in [-0.1, -0.05) is 30.3 Å². The maximum atomic E-state index is 12.4. The smallest absolute Gasteiger partial charge is 0.408 e. The van der Waals surface area contributed by atoms with Crippen molar-refractivity contribution in [3.05, 3.63) is 63.7 Å². The molecule has 0 heterocycles. The van der Waals surface area contributed by atoms with Crippen LogP contribution >= 0.6 is 0 Å². The largest absolute Gasteiger partial charge is 0.490 e. The average Bonchev–Trinajstić information content (AvgIpc) is 2.75. The van der Waals surface area contributed by atoms with Crippen LogP contribution in [0.2, 0.25) is 0 Å². The molecule has 178 valence electrons. The quantitative estimate of drug-likeness (QED) is 0.328. The van der Waals surface area contributed by atoms with Gasteiger partial charge in [0.2, 0.25) is 0 Å². The number of ether oxygens (including phenoxy) is 3. The number of nitro groups is 1. The number of nitrogens with zero attached hydrogens (tertiary/aromatic N) is 1. The van der Waals surface area contributed by atoms with Crippen molar-refractivity contribution < 1.29 is 28.7 Å². The number of hydrogen-bond acceptors (Lipinski definition) is 8. The molecule has 0 bridgehead atoms. The highest BCUT2D eigenvalue weighted by Gasteiger charge is 2.27. The third-order valence-electron chi connectivity index (χ3n) is 4.47. The molecule has 2 N–H and O–H groups in total. The van der Waals surface area contributed by atoms with E-state index in [-0.39, 0.29) is 29.3 Å². The first kappa shape index (κ1) is 25.4. The van der Waals surface area contributed by atoms with E-state index in [0.29, 0.717) is 6.42 Å². The summed E-state index contributed by atoms with van der Waals surface area (Å²) in [4.78, 5) is 35.5. The van der Waals surface area contributed by atoms with Crippen LogP contribution in [0.25, 0.3) is 0 Å². The lowest BCUT2D eigenvalue weighted by molar-refractivity contribution is -0.384. The van der Waals surface area contributed by atoms with Gasteiger partial charge >= 0.3 is 12.1 Å². The van der Waals surface area contributed by atoms with E-state index in [0.717, 1.165) is 5.56 Å². The van der Waals surface area contributed by atoms with Crippen LogP contribution in [0.3, 0.4) is 0 Å². The summed E-state index contributed by atoms with van der Waals surface area (Å²) in [6.45, 7) is 5.25. The molecular weight excluding hydrogens is 430 g/mol. The van der Waals surface area contributed by atoms with Crippen LogP contribution in [0, 0.1) is 10.1 Å². The number of carbonyl (C=O) groups excluding carboxylic acids is 2. The summed E-state index contributed by atoms with van der Waals surface area (Å²) in [5, 5.41) is 16.8. The monoisotopic (exact) mass is 459 g/mol. The molecule has 0 saturated heterocycles. The summed E-state index contributed by atoms with van der Waals surface area (Å²) < 4.78 is 16.0. The van der Waals surface area contributed by atoms with Gasteiger partial charge in [-0.15, -0.1) is 0 Å². The number of methoxy groups -OCH3 is 1. The summed E-state index contributed by atoms with van der Waals surface area (Å²) >= 11 is 0. The molecule has 2 rings (SSSR count). The summed E-state index contributed by atoms with van der Waals surface area (Å²) in [6, 6.07) is 11.5. The van der Waals surface area contributed by atoms with E-state index in [1.165, 1.54) is 26.3 Å². The lowest BCUT2D eigenvalue weighted by Crippen LogP contribution is -2.43. The Morgan fingerprint density at radius 3 is 2.33 bits per heavy atom. The number of alkyl carbamates (subject to hydrolysis) is 1. The topological polar surface area (TPSA) is 129 Å². The highest BCUT2D eigenvalue weighted by atomic mass is 16.6. The predicted octanol–water partition coefficient (Wildman–Crippen LogP) is 3.94. The normalized spacial score (nSPS) is 11.8. The van der Waals surface area contributed by atoms with Crippen molar-refractivity contribution in [3.63, 3.8) is 0 Å². The van der Waals surface area contributed by atoms with Gasteiger partial charge in [0.15, 0.2) is 0 Å². The van der Waals surface area contributed by atoms with Crippen molar-refractivity contribution in [1.82, 2.24) is 5.32 Å². The molecule has 10 nitrogen and oxygen atoms in total. The third-order valence-corrected chi connectivity index (χ3v) is 4.47. The second kappa shape index (κ2) is 11.2. The van der Waals surface area contributed by atoms with Crippen LogP contribution in [0.15, 0.2) is 42.5 Å². The first-order valence-electron chi connectivity index (χ1n) is 10.3. The number of esters is 1. The zero-order valence-electron chi connectivity index (χ0n) is 19.3. The van der Waals surface area contributed by atoms with Crippen molar-refractivity contribution in [2.24, 2.45) is 0 Å². The fraction of sp³-hybridized carbons (Fsp3) is 0.391. The van der Waals surface area contributed by atoms with Crippen molar-refractivity contribution in [3.8, 4) is 5.75 Å². The lowest BCUT2D eigenvalue weighted by atomic mass is 10.1. The maximum Gasteiger partial charge on any atom is 0.408 e. The molecule has 2 aromatic rings. The Morgan fingerprint density at radius 1 is 1.12 bits per heavy atom. The number of nitrogens with one attached hydrogen (secondary N) is 2. The molecule has 1 amide bonds. The number of nitro benzene ring substituents is 1. The molecule has 0 unspecified atom stereocenters. The Bertz CT molecular complexity index is 988. The Balaban J connectivity index is 2.32. The minimum Gasteiger partial charge on any atom is -0.490 e. The molecule has 0 aliphatic rings. The van der Waals surface area contributed by atoms with Crippen molar-refractivity contribution in [2.45, 2.75) is 38.8 Å². The van der Waals surface area contributed by atoms with Gasteiger partial charge in [-0.3, -0.25) is 10.1 Å². The van der Waals surface area contributed by atoms with Crippen LogP contribution in [-0.2, 0) is 15.9 Å². The first-order chi connectivity index (χ1) is 15.6. The molecule has 0 aliphatic carbocycles. The number of anilines is 1. The van der Waals surface area contributed by atoms with Crippen LogP contribution in [-0.4, -0.2) is 49.4 Å². The van der Waals surface area contributed by atoms with Gasteiger partial charge in [-0.05, 0) is 38.8 Å². The molecular formula is C23H29N3O7. The number of hydrogen-bond donors (Lipinski definition) is 2. The third kappa shape index (κ3) is 7.37. The zero-order valence-corrected chi connectivity index (χ0v) is 19.3. The van der Waals surface area contributed by atoms with Gasteiger partial charge < -0.3 is 24.8 Å². The summed E-state index contributed by atoms with van der Waals surface area (Å²) in [7, 11) is 2.63. The van der Waals surface area contributed by atoms with Gasteiger partial charge in [0.25, 0.3) is 5.69 Å². The summed E-state index contributed by atoms with van der Waals surface area (Å²) in [5.74, 6) is -0.710.